The summed E-state index contributed by atoms with van der Waals surface area (Å²) in [6, 6.07) is 0. The van der Waals surface area contributed by atoms with Crippen molar-refractivity contribution >= 4 is 0 Å². The molecule has 38 valence electrons. The van der Waals surface area contributed by atoms with Gasteiger partial charge in [-0.1, -0.05) is 7.43 Å². The molecule has 0 rings (SSSR count). The Bertz CT molecular complexity index is 15.1. The molecule has 0 heterocycles. The average Bonchev–Trinajstić information content (AvgIpc) is 1.46. The van der Waals surface area contributed by atoms with Crippen molar-refractivity contribution < 1.29 is 5.11 Å². The number of hydrogen-bond donors (Lipinski definition) is 1. The zero-order valence-corrected chi connectivity index (χ0v) is 3.31. The van der Waals surface area contributed by atoms with Gasteiger partial charge in [-0.3, -0.25) is 0 Å². The van der Waals surface area contributed by atoms with Gasteiger partial charge >= 0.3 is 0 Å². The van der Waals surface area contributed by atoms with Gasteiger partial charge in [-0.2, -0.15) is 0 Å². The van der Waals surface area contributed by atoms with Crippen LogP contribution < -0.4 is 0 Å². The normalized spacial score (nSPS) is 3.33. The summed E-state index contributed by atoms with van der Waals surface area (Å²) in [5.74, 6) is 0. The quantitative estimate of drug-likeness (QED) is 0.436. The minimum Gasteiger partial charge on any atom is -0.397 e. The first-order valence-electron chi connectivity index (χ1n) is 1.36. The summed E-state index contributed by atoms with van der Waals surface area (Å²) in [6.45, 7) is 1.93. The van der Waals surface area contributed by atoms with E-state index in [4.69, 9.17) is 5.11 Å². The van der Waals surface area contributed by atoms with Gasteiger partial charge in [0, 0.05) is 6.61 Å². The fourth-order valence-electron chi connectivity index (χ4n) is 0. The van der Waals surface area contributed by atoms with Crippen LogP contribution in [0.4, 0.5) is 0 Å². The van der Waals surface area contributed by atoms with Crippen LogP contribution >= 0.6 is 0 Å². The van der Waals surface area contributed by atoms with E-state index in [0.717, 1.165) is 0 Å². The summed E-state index contributed by atoms with van der Waals surface area (Å²) >= 11 is 0. The van der Waals surface area contributed by atoms with Gasteiger partial charge in [0.15, 0.2) is 0 Å². The lowest BCUT2D eigenvalue weighted by atomic mass is 10.9. The van der Waals surface area contributed by atoms with Crippen molar-refractivity contribution in [1.29, 1.82) is 0 Å². The van der Waals surface area contributed by atoms with E-state index in [9.17, 15) is 0 Å². The van der Waals surface area contributed by atoms with E-state index in [2.05, 4.69) is 12.8 Å². The summed E-state index contributed by atoms with van der Waals surface area (Å²) in [4.78, 5) is 0. The highest BCUT2D eigenvalue weighted by Crippen LogP contribution is 1.30. The summed E-state index contributed by atoms with van der Waals surface area (Å²) < 4.78 is 0. The fourth-order valence-corrected chi connectivity index (χ4v) is 0. The maximum atomic E-state index is 7.57. The van der Waals surface area contributed by atoms with Gasteiger partial charge in [0.25, 0.3) is 0 Å². The largest absolute Gasteiger partial charge is 0.397 e. The third kappa shape index (κ3) is 97.0. The van der Waals surface area contributed by atoms with E-state index in [1.165, 1.54) is 0 Å². The standard InChI is InChI=1S/C2H6O.C2H2.CH4/c1-2-3;1-2;/h3H,2H2,1H3;1-2H;1H4. The predicted molar refractivity (Wildman–Crippen MR) is 29.4 cm³/mol. The van der Waals surface area contributed by atoms with Crippen LogP contribution in [0.5, 0.6) is 0 Å². The van der Waals surface area contributed by atoms with E-state index in [0.29, 0.717) is 0 Å². The van der Waals surface area contributed by atoms with Crippen LogP contribution in [0, 0.1) is 12.8 Å². The highest BCUT2D eigenvalue weighted by atomic mass is 16.2. The SMILES string of the molecule is C.C#C.CCO. The van der Waals surface area contributed by atoms with Crippen molar-refractivity contribution in [2.24, 2.45) is 0 Å². The average molecular weight is 88.1 g/mol. The number of aliphatic hydroxyl groups excluding tert-OH is 1. The molecule has 0 aliphatic carbocycles. The molecule has 0 spiro atoms. The lowest BCUT2D eigenvalue weighted by Gasteiger charge is -1.52. The summed E-state index contributed by atoms with van der Waals surface area (Å²) in [7, 11) is 0. The first-order valence-corrected chi connectivity index (χ1v) is 1.36. The van der Waals surface area contributed by atoms with Gasteiger partial charge in [0.05, 0.1) is 0 Å². The van der Waals surface area contributed by atoms with Gasteiger partial charge in [-0.25, -0.2) is 0 Å². The van der Waals surface area contributed by atoms with Gasteiger partial charge in [-0.15, -0.1) is 12.8 Å². The van der Waals surface area contributed by atoms with Crippen LogP contribution in [0.25, 0.3) is 0 Å². The molecule has 1 N–H and O–H groups in total. The molecule has 0 aromatic carbocycles. The van der Waals surface area contributed by atoms with Crippen molar-refractivity contribution in [3.63, 3.8) is 0 Å². The molecule has 0 radical (unpaired) electrons. The number of aliphatic hydroxyl groups is 1. The van der Waals surface area contributed by atoms with Gasteiger partial charge in [0.1, 0.15) is 0 Å². The van der Waals surface area contributed by atoms with Gasteiger partial charge in [0.2, 0.25) is 0 Å². The van der Waals surface area contributed by atoms with Crippen molar-refractivity contribution in [2.45, 2.75) is 14.4 Å². The Kier molecular flexibility index (Phi) is 613. The third-order valence-electron chi connectivity index (χ3n) is 0. The number of terminal acetylenes is 1. The second-order valence-electron chi connectivity index (χ2n) is 0.316. The number of hydrogen-bond acceptors (Lipinski definition) is 1. The molecule has 1 nitrogen and oxygen atoms in total. The monoisotopic (exact) mass is 88.1 g/mol. The molecule has 0 unspecified atom stereocenters. The molecule has 0 fully saturated rings. The highest BCUT2D eigenvalue weighted by molar-refractivity contribution is 4.47. The predicted octanol–water partition coefficient (Wildman–Crippen LogP) is 0.884. The van der Waals surface area contributed by atoms with Crippen LogP contribution in [0.1, 0.15) is 14.4 Å². The Morgan fingerprint density at radius 2 is 1.50 bits per heavy atom. The van der Waals surface area contributed by atoms with E-state index in [1.54, 1.807) is 6.92 Å². The summed E-state index contributed by atoms with van der Waals surface area (Å²) in [5.41, 5.74) is 0. The summed E-state index contributed by atoms with van der Waals surface area (Å²) in [6.07, 6.45) is 8.00. The molecule has 0 saturated carbocycles. The maximum absolute atomic E-state index is 7.57. The zero-order chi connectivity index (χ0) is 4.71. The highest BCUT2D eigenvalue weighted by Gasteiger charge is 1.34. The van der Waals surface area contributed by atoms with Gasteiger partial charge < -0.3 is 5.11 Å². The Morgan fingerprint density at radius 3 is 1.50 bits per heavy atom. The molecular formula is C5H12O. The molecular weight excluding hydrogens is 76.1 g/mol. The smallest absolute Gasteiger partial charge is 0.0402 e. The van der Waals surface area contributed by atoms with Crippen LogP contribution in [-0.2, 0) is 0 Å². The van der Waals surface area contributed by atoms with E-state index in [1.807, 2.05) is 0 Å². The lowest BCUT2D eigenvalue weighted by molar-refractivity contribution is 0.318. The Hall–Kier alpha value is -0.480. The first kappa shape index (κ1) is 17.8. The zero-order valence-electron chi connectivity index (χ0n) is 3.31. The lowest BCUT2D eigenvalue weighted by Crippen LogP contribution is -1.57. The minimum atomic E-state index is 0. The second kappa shape index (κ2) is 207. The number of rotatable bonds is 0. The van der Waals surface area contributed by atoms with Crippen molar-refractivity contribution in [1.82, 2.24) is 0 Å². The van der Waals surface area contributed by atoms with Crippen molar-refractivity contribution in [3.05, 3.63) is 0 Å². The molecule has 6 heavy (non-hydrogen) atoms. The molecule has 0 bridgehead atoms. The molecule has 0 saturated heterocycles. The topological polar surface area (TPSA) is 20.2 Å². The van der Waals surface area contributed by atoms with Gasteiger partial charge in [-0.05, 0) is 6.92 Å². The molecule has 0 atom stereocenters. The molecule has 0 aromatic heterocycles. The fraction of sp³-hybridized carbons (Fsp3) is 0.600. The molecule has 0 amide bonds. The van der Waals surface area contributed by atoms with E-state index in [-0.39, 0.29) is 14.0 Å². The first-order chi connectivity index (χ1) is 2.41. The van der Waals surface area contributed by atoms with E-state index < -0.39 is 0 Å². The van der Waals surface area contributed by atoms with Crippen LogP contribution in [0.2, 0.25) is 0 Å². The second-order valence-corrected chi connectivity index (χ2v) is 0.316. The Labute approximate surface area is 40.0 Å². The van der Waals surface area contributed by atoms with Crippen molar-refractivity contribution in [2.75, 3.05) is 6.61 Å². The van der Waals surface area contributed by atoms with Crippen LogP contribution in [-0.4, -0.2) is 11.7 Å². The minimum absolute atomic E-state index is 0. The Morgan fingerprint density at radius 1 is 1.50 bits per heavy atom. The molecule has 0 aliphatic rings. The van der Waals surface area contributed by atoms with E-state index >= 15 is 0 Å². The van der Waals surface area contributed by atoms with Crippen LogP contribution in [0.15, 0.2) is 0 Å². The molecule has 0 aliphatic heterocycles. The summed E-state index contributed by atoms with van der Waals surface area (Å²) in [5, 5.41) is 7.57. The Balaban J connectivity index is -0.0000000275. The molecule has 1 heteroatoms. The third-order valence-corrected chi connectivity index (χ3v) is 0. The maximum Gasteiger partial charge on any atom is 0.0402 e. The van der Waals surface area contributed by atoms with Crippen molar-refractivity contribution in [3.8, 4) is 12.8 Å². The molecule has 0 aromatic rings. The van der Waals surface area contributed by atoms with Crippen LogP contribution in [0.3, 0.4) is 0 Å².